The second-order valence-electron chi connectivity index (χ2n) is 4.50. The molecule has 112 valence electrons. The molecule has 2 rings (SSSR count). The number of likely N-dealkylation sites (N-methyl/N-ethyl adjacent to an activating group) is 1. The number of esters is 1. The first kappa shape index (κ1) is 14.8. The predicted molar refractivity (Wildman–Crippen MR) is 78.7 cm³/mol. The number of nitrogen functional groups attached to an aromatic ring is 1. The van der Waals surface area contributed by atoms with Crippen LogP contribution in [-0.4, -0.2) is 46.7 Å². The molecule has 0 fully saturated rings. The molecule has 1 aromatic heterocycles. The quantitative estimate of drug-likeness (QED) is 0.636. The molecule has 0 saturated heterocycles. The van der Waals surface area contributed by atoms with Crippen molar-refractivity contribution in [1.29, 1.82) is 0 Å². The van der Waals surface area contributed by atoms with E-state index >= 15 is 0 Å². The molecule has 7 heteroatoms. The van der Waals surface area contributed by atoms with E-state index in [1.165, 1.54) is 4.90 Å². The Kier molecular flexibility index (Phi) is 4.42. The second-order valence-corrected chi connectivity index (χ2v) is 4.50. The average Bonchev–Trinajstić information content (AvgIpc) is 2.87. The molecule has 0 aliphatic rings. The highest BCUT2D eigenvalue weighted by Gasteiger charge is 2.22. The number of H-pyrrole nitrogens is 1. The first-order chi connectivity index (χ1) is 10.1. The molecule has 0 bridgehead atoms. The Morgan fingerprint density at radius 1 is 1.38 bits per heavy atom. The normalized spacial score (nSPS) is 10.6. The van der Waals surface area contributed by atoms with E-state index in [2.05, 4.69) is 10.2 Å². The number of fused-ring (bicyclic) bond motifs is 1. The summed E-state index contributed by atoms with van der Waals surface area (Å²) in [5.41, 5.74) is 7.26. The molecule has 1 heterocycles. The largest absolute Gasteiger partial charge is 0.465 e. The van der Waals surface area contributed by atoms with Crippen LogP contribution in [0.2, 0.25) is 0 Å². The maximum absolute atomic E-state index is 12.5. The number of ether oxygens (including phenoxy) is 1. The lowest BCUT2D eigenvalue weighted by Crippen LogP contribution is -2.36. The summed E-state index contributed by atoms with van der Waals surface area (Å²) in [5, 5.41) is 7.46. The SMILES string of the molecule is CCOC(=O)CN(CC)C(=O)c1n[nH]c2ccc(N)cc12. The summed E-state index contributed by atoms with van der Waals surface area (Å²) in [6, 6.07) is 5.17. The number of amides is 1. The number of benzene rings is 1. The first-order valence-electron chi connectivity index (χ1n) is 6.75. The van der Waals surface area contributed by atoms with E-state index < -0.39 is 5.97 Å². The van der Waals surface area contributed by atoms with Gasteiger partial charge in [0.1, 0.15) is 6.54 Å². The smallest absolute Gasteiger partial charge is 0.325 e. The molecular weight excluding hydrogens is 272 g/mol. The van der Waals surface area contributed by atoms with Gasteiger partial charge in [0.15, 0.2) is 5.69 Å². The van der Waals surface area contributed by atoms with Crippen molar-refractivity contribution in [2.75, 3.05) is 25.4 Å². The summed E-state index contributed by atoms with van der Waals surface area (Å²) in [6.07, 6.45) is 0. The minimum Gasteiger partial charge on any atom is -0.465 e. The summed E-state index contributed by atoms with van der Waals surface area (Å²) < 4.78 is 4.87. The molecule has 0 aliphatic heterocycles. The molecule has 0 radical (unpaired) electrons. The number of aromatic nitrogens is 2. The molecular formula is C14H18N4O3. The Morgan fingerprint density at radius 3 is 2.81 bits per heavy atom. The van der Waals surface area contributed by atoms with Gasteiger partial charge in [-0.2, -0.15) is 5.10 Å². The summed E-state index contributed by atoms with van der Waals surface area (Å²) in [7, 11) is 0. The number of hydrogen-bond acceptors (Lipinski definition) is 5. The molecule has 0 unspecified atom stereocenters. The van der Waals surface area contributed by atoms with Gasteiger partial charge in [0, 0.05) is 17.6 Å². The number of rotatable bonds is 5. The van der Waals surface area contributed by atoms with E-state index in [0.717, 1.165) is 5.52 Å². The Balaban J connectivity index is 2.27. The second kappa shape index (κ2) is 6.25. The summed E-state index contributed by atoms with van der Waals surface area (Å²) in [4.78, 5) is 25.4. The van der Waals surface area contributed by atoms with Gasteiger partial charge in [-0.3, -0.25) is 14.7 Å². The van der Waals surface area contributed by atoms with Gasteiger partial charge in [0.25, 0.3) is 5.91 Å². The van der Waals surface area contributed by atoms with Crippen molar-refractivity contribution in [3.8, 4) is 0 Å². The Hall–Kier alpha value is -2.57. The molecule has 2 aromatic rings. The molecule has 3 N–H and O–H groups in total. The minimum absolute atomic E-state index is 0.0974. The van der Waals surface area contributed by atoms with Crippen LogP contribution >= 0.6 is 0 Å². The Morgan fingerprint density at radius 2 is 2.14 bits per heavy atom. The number of nitrogens with two attached hydrogens (primary N) is 1. The van der Waals surface area contributed by atoms with Crippen LogP contribution in [0, 0.1) is 0 Å². The van der Waals surface area contributed by atoms with Crippen molar-refractivity contribution in [2.24, 2.45) is 0 Å². The lowest BCUT2D eigenvalue weighted by Gasteiger charge is -2.18. The predicted octanol–water partition coefficient (Wildman–Crippen LogP) is 1.17. The van der Waals surface area contributed by atoms with E-state index in [4.69, 9.17) is 10.5 Å². The third-order valence-electron chi connectivity index (χ3n) is 3.08. The molecule has 0 atom stereocenters. The minimum atomic E-state index is -0.438. The fraction of sp³-hybridized carbons (Fsp3) is 0.357. The Labute approximate surface area is 122 Å². The highest BCUT2D eigenvalue weighted by Crippen LogP contribution is 2.20. The monoisotopic (exact) mass is 290 g/mol. The molecule has 1 amide bonds. The van der Waals surface area contributed by atoms with Crippen molar-refractivity contribution in [3.63, 3.8) is 0 Å². The number of carbonyl (C=O) groups excluding carboxylic acids is 2. The maximum Gasteiger partial charge on any atom is 0.325 e. The van der Waals surface area contributed by atoms with Gasteiger partial charge in [-0.1, -0.05) is 0 Å². The van der Waals surface area contributed by atoms with Crippen molar-refractivity contribution in [3.05, 3.63) is 23.9 Å². The van der Waals surface area contributed by atoms with Crippen LogP contribution < -0.4 is 5.73 Å². The molecule has 0 aliphatic carbocycles. The Bertz CT molecular complexity index is 665. The average molecular weight is 290 g/mol. The van der Waals surface area contributed by atoms with Gasteiger partial charge in [0.05, 0.1) is 12.1 Å². The number of nitrogens with one attached hydrogen (secondary N) is 1. The van der Waals surface area contributed by atoms with Crippen molar-refractivity contribution >= 4 is 28.5 Å². The standard InChI is InChI=1S/C14H18N4O3/c1-3-18(8-12(19)21-4-2)14(20)13-10-7-9(15)5-6-11(10)16-17-13/h5-7H,3-4,8,15H2,1-2H3,(H,16,17). The molecule has 21 heavy (non-hydrogen) atoms. The topological polar surface area (TPSA) is 101 Å². The summed E-state index contributed by atoms with van der Waals surface area (Å²) in [5.74, 6) is -0.769. The zero-order valence-electron chi connectivity index (χ0n) is 12.0. The summed E-state index contributed by atoms with van der Waals surface area (Å²) in [6.45, 7) is 4.08. The zero-order chi connectivity index (χ0) is 15.4. The third kappa shape index (κ3) is 3.13. The number of anilines is 1. The van der Waals surface area contributed by atoms with Crippen LogP contribution in [0.25, 0.3) is 10.9 Å². The number of nitrogens with zero attached hydrogens (tertiary/aromatic N) is 2. The lowest BCUT2D eigenvalue weighted by atomic mass is 10.1. The van der Waals surface area contributed by atoms with Crippen molar-refractivity contribution in [2.45, 2.75) is 13.8 Å². The fourth-order valence-corrected chi connectivity index (χ4v) is 2.03. The van der Waals surface area contributed by atoms with Crippen LogP contribution in [0.4, 0.5) is 5.69 Å². The van der Waals surface area contributed by atoms with E-state index in [1.807, 2.05) is 0 Å². The molecule has 1 aromatic carbocycles. The maximum atomic E-state index is 12.5. The van der Waals surface area contributed by atoms with Gasteiger partial charge >= 0.3 is 5.97 Å². The van der Waals surface area contributed by atoms with Crippen LogP contribution in [0.15, 0.2) is 18.2 Å². The number of carbonyl (C=O) groups is 2. The van der Waals surface area contributed by atoms with Gasteiger partial charge in [0.2, 0.25) is 0 Å². The molecule has 0 saturated carbocycles. The van der Waals surface area contributed by atoms with Gasteiger partial charge in [-0.05, 0) is 32.0 Å². The van der Waals surface area contributed by atoms with Crippen LogP contribution in [-0.2, 0) is 9.53 Å². The van der Waals surface area contributed by atoms with E-state index in [-0.39, 0.29) is 24.8 Å². The zero-order valence-corrected chi connectivity index (χ0v) is 12.0. The van der Waals surface area contributed by atoms with Gasteiger partial charge in [-0.25, -0.2) is 0 Å². The van der Waals surface area contributed by atoms with Crippen LogP contribution in [0.3, 0.4) is 0 Å². The summed E-state index contributed by atoms with van der Waals surface area (Å²) >= 11 is 0. The van der Waals surface area contributed by atoms with E-state index in [0.29, 0.717) is 17.6 Å². The van der Waals surface area contributed by atoms with Gasteiger partial charge < -0.3 is 15.4 Å². The van der Waals surface area contributed by atoms with Crippen molar-refractivity contribution in [1.82, 2.24) is 15.1 Å². The van der Waals surface area contributed by atoms with E-state index in [9.17, 15) is 9.59 Å². The third-order valence-corrected chi connectivity index (χ3v) is 3.08. The highest BCUT2D eigenvalue weighted by atomic mass is 16.5. The van der Waals surface area contributed by atoms with Gasteiger partial charge in [-0.15, -0.1) is 0 Å². The number of hydrogen-bond donors (Lipinski definition) is 2. The number of aromatic amines is 1. The molecule has 7 nitrogen and oxygen atoms in total. The molecule has 0 spiro atoms. The fourth-order valence-electron chi connectivity index (χ4n) is 2.03. The highest BCUT2D eigenvalue weighted by molar-refractivity contribution is 6.06. The van der Waals surface area contributed by atoms with Crippen LogP contribution in [0.5, 0.6) is 0 Å². The lowest BCUT2D eigenvalue weighted by molar-refractivity contribution is -0.143. The van der Waals surface area contributed by atoms with Crippen molar-refractivity contribution < 1.29 is 14.3 Å². The van der Waals surface area contributed by atoms with E-state index in [1.54, 1.807) is 32.0 Å². The first-order valence-corrected chi connectivity index (χ1v) is 6.75. The van der Waals surface area contributed by atoms with Crippen LogP contribution in [0.1, 0.15) is 24.3 Å².